The van der Waals surface area contributed by atoms with E-state index in [1.807, 2.05) is 6.92 Å². The molecule has 4 heterocycles. The molecule has 168 valence electrons. The Labute approximate surface area is 182 Å². The largest absolute Gasteiger partial charge is 0.335 e. The number of carbonyl (C=O) groups is 1. The van der Waals surface area contributed by atoms with Crippen LogP contribution in [0.15, 0.2) is 24.5 Å². The van der Waals surface area contributed by atoms with Crippen molar-refractivity contribution < 1.29 is 18.0 Å². The Bertz CT molecular complexity index is 1190. The number of fused-ring (bicyclic) bond motifs is 1. The Morgan fingerprint density at radius 2 is 1.97 bits per heavy atom. The van der Waals surface area contributed by atoms with Crippen LogP contribution < -0.4 is 0 Å². The number of likely N-dealkylation sites (tertiary alicyclic amines) is 1. The Kier molecular flexibility index (Phi) is 4.90. The summed E-state index contributed by atoms with van der Waals surface area (Å²) < 4.78 is 44.6. The van der Waals surface area contributed by atoms with Gasteiger partial charge in [0.25, 0.3) is 18.1 Å². The number of pyridine rings is 1. The number of aryl methyl sites for hydroxylation is 1. The van der Waals surface area contributed by atoms with E-state index in [4.69, 9.17) is 0 Å². The van der Waals surface area contributed by atoms with Gasteiger partial charge in [-0.2, -0.15) is 14.6 Å². The quantitative estimate of drug-likeness (QED) is 0.608. The first-order chi connectivity index (χ1) is 15.3. The number of hydrogen-bond donors (Lipinski definition) is 0. The number of carbonyl (C=O) groups excluding carboxylic acids is 1. The number of aromatic nitrogens is 5. The van der Waals surface area contributed by atoms with E-state index in [2.05, 4.69) is 20.1 Å². The van der Waals surface area contributed by atoms with Gasteiger partial charge in [0.05, 0.1) is 12.2 Å². The van der Waals surface area contributed by atoms with Crippen LogP contribution in [0, 0.1) is 12.8 Å². The minimum atomic E-state index is -2.88. The van der Waals surface area contributed by atoms with E-state index in [0.717, 1.165) is 41.1 Å². The van der Waals surface area contributed by atoms with Gasteiger partial charge in [-0.15, -0.1) is 0 Å². The maximum absolute atomic E-state index is 16.6. The number of halogens is 3. The maximum Gasteiger partial charge on any atom is 0.280 e. The predicted molar refractivity (Wildman–Crippen MR) is 109 cm³/mol. The summed E-state index contributed by atoms with van der Waals surface area (Å²) in [5.41, 5.74) is -0.601. The Morgan fingerprint density at radius 1 is 1.19 bits per heavy atom. The van der Waals surface area contributed by atoms with E-state index in [0.29, 0.717) is 24.4 Å². The molecule has 1 saturated carbocycles. The molecular weight excluding hydrogens is 421 g/mol. The molecule has 7 nitrogen and oxygen atoms in total. The zero-order valence-corrected chi connectivity index (χ0v) is 17.8. The molecule has 0 radical (unpaired) electrons. The van der Waals surface area contributed by atoms with Gasteiger partial charge >= 0.3 is 0 Å². The molecule has 5 rings (SSSR count). The van der Waals surface area contributed by atoms with Gasteiger partial charge < -0.3 is 4.90 Å². The number of alkyl halides is 3. The summed E-state index contributed by atoms with van der Waals surface area (Å²) in [6, 6.07) is 4.55. The molecule has 10 heteroatoms. The molecule has 1 aliphatic heterocycles. The zero-order valence-electron chi connectivity index (χ0n) is 17.8. The standard InChI is InChI=1S/C22H23F3N6O/c1-12-5-6-30(20(32)15-7-13(2)28-16(8-15)14-3-4-14)10-22(12,25)18-9-17(19(23)24)29-21-26-11-27-31(18)21/h7-9,11-12,14,19H,3-6,10H2,1-2H3/t12-,22+/m1/s1. The van der Waals surface area contributed by atoms with E-state index in [-0.39, 0.29) is 23.9 Å². The lowest BCUT2D eigenvalue weighted by Crippen LogP contribution is -2.51. The van der Waals surface area contributed by atoms with Crippen molar-refractivity contribution in [1.29, 1.82) is 0 Å². The van der Waals surface area contributed by atoms with Crippen molar-refractivity contribution >= 4 is 11.7 Å². The lowest BCUT2D eigenvalue weighted by atomic mass is 9.81. The van der Waals surface area contributed by atoms with Gasteiger partial charge in [-0.25, -0.2) is 18.2 Å². The van der Waals surface area contributed by atoms with Crippen LogP contribution in [-0.4, -0.2) is 48.5 Å². The van der Waals surface area contributed by atoms with Gasteiger partial charge in [-0.1, -0.05) is 6.92 Å². The van der Waals surface area contributed by atoms with E-state index in [1.54, 1.807) is 19.1 Å². The summed E-state index contributed by atoms with van der Waals surface area (Å²) in [5.74, 6) is -0.519. The molecule has 2 aliphatic rings. The van der Waals surface area contributed by atoms with E-state index >= 15 is 4.39 Å². The molecule has 1 aliphatic carbocycles. The fraction of sp³-hybridized carbons (Fsp3) is 0.500. The van der Waals surface area contributed by atoms with Crippen LogP contribution in [-0.2, 0) is 5.67 Å². The van der Waals surface area contributed by atoms with Crippen molar-refractivity contribution in [2.75, 3.05) is 13.1 Å². The van der Waals surface area contributed by atoms with E-state index < -0.39 is 23.7 Å². The summed E-state index contributed by atoms with van der Waals surface area (Å²) in [6.45, 7) is 3.66. The summed E-state index contributed by atoms with van der Waals surface area (Å²) in [6.07, 6.45) is 0.767. The molecule has 2 atom stereocenters. The number of rotatable bonds is 4. The molecule has 1 saturated heterocycles. The summed E-state index contributed by atoms with van der Waals surface area (Å²) in [4.78, 5) is 27.0. The van der Waals surface area contributed by atoms with Gasteiger partial charge in [0.15, 0.2) is 5.67 Å². The number of amides is 1. The minimum Gasteiger partial charge on any atom is -0.335 e. The highest BCUT2D eigenvalue weighted by atomic mass is 19.3. The van der Waals surface area contributed by atoms with Crippen molar-refractivity contribution in [2.45, 2.75) is 51.1 Å². The number of nitrogens with zero attached hydrogens (tertiary/aromatic N) is 6. The molecule has 0 unspecified atom stereocenters. The number of hydrogen-bond acceptors (Lipinski definition) is 5. The molecule has 32 heavy (non-hydrogen) atoms. The van der Waals surface area contributed by atoms with Crippen LogP contribution in [0.25, 0.3) is 5.78 Å². The molecule has 0 spiro atoms. The topological polar surface area (TPSA) is 76.3 Å². The van der Waals surface area contributed by atoms with Gasteiger partial charge in [0, 0.05) is 29.4 Å². The number of piperidine rings is 1. The molecule has 0 aromatic carbocycles. The minimum absolute atomic E-state index is 0.0649. The van der Waals surface area contributed by atoms with Gasteiger partial charge in [-0.05, 0) is 50.3 Å². The van der Waals surface area contributed by atoms with E-state index in [1.165, 1.54) is 4.90 Å². The van der Waals surface area contributed by atoms with Crippen LogP contribution in [0.4, 0.5) is 13.2 Å². The van der Waals surface area contributed by atoms with Gasteiger partial charge in [0.2, 0.25) is 0 Å². The Balaban J connectivity index is 1.52. The van der Waals surface area contributed by atoms with Crippen LogP contribution in [0.5, 0.6) is 0 Å². The van der Waals surface area contributed by atoms with Crippen molar-refractivity contribution in [3.05, 3.63) is 52.9 Å². The second-order valence-electron chi connectivity index (χ2n) is 8.81. The van der Waals surface area contributed by atoms with Crippen molar-refractivity contribution in [1.82, 2.24) is 29.5 Å². The third kappa shape index (κ3) is 3.51. The molecule has 3 aromatic heterocycles. The highest BCUT2D eigenvalue weighted by Gasteiger charge is 2.47. The third-order valence-electron chi connectivity index (χ3n) is 6.46. The molecule has 0 bridgehead atoms. The first-order valence-electron chi connectivity index (χ1n) is 10.7. The lowest BCUT2D eigenvalue weighted by Gasteiger charge is -2.42. The van der Waals surface area contributed by atoms with Gasteiger partial charge in [0.1, 0.15) is 12.0 Å². The average Bonchev–Trinajstić information content (AvgIpc) is 3.51. The maximum atomic E-state index is 16.6. The Hall–Kier alpha value is -3.04. The highest BCUT2D eigenvalue weighted by molar-refractivity contribution is 5.94. The van der Waals surface area contributed by atoms with Crippen LogP contribution >= 0.6 is 0 Å². The normalized spacial score (nSPS) is 23.8. The van der Waals surface area contributed by atoms with E-state index in [9.17, 15) is 13.6 Å². The predicted octanol–water partition coefficient (Wildman–Crippen LogP) is 3.99. The zero-order chi connectivity index (χ0) is 22.6. The van der Waals surface area contributed by atoms with Crippen molar-refractivity contribution in [3.63, 3.8) is 0 Å². The van der Waals surface area contributed by atoms with Gasteiger partial charge in [-0.3, -0.25) is 9.78 Å². The second kappa shape index (κ2) is 7.53. The van der Waals surface area contributed by atoms with Crippen LogP contribution in [0.2, 0.25) is 0 Å². The molecule has 0 N–H and O–H groups in total. The fourth-order valence-electron chi connectivity index (χ4n) is 4.42. The molecule has 1 amide bonds. The van der Waals surface area contributed by atoms with Crippen molar-refractivity contribution in [2.24, 2.45) is 5.92 Å². The summed E-state index contributed by atoms with van der Waals surface area (Å²) in [5, 5.41) is 4.00. The fourth-order valence-corrected chi connectivity index (χ4v) is 4.42. The molecular formula is C22H23F3N6O. The first-order valence-corrected chi connectivity index (χ1v) is 10.7. The first kappa shape index (κ1) is 20.8. The second-order valence-corrected chi connectivity index (χ2v) is 8.81. The van der Waals surface area contributed by atoms with Crippen molar-refractivity contribution in [3.8, 4) is 0 Å². The van der Waals surface area contributed by atoms with Crippen LogP contribution in [0.1, 0.15) is 71.7 Å². The summed E-state index contributed by atoms with van der Waals surface area (Å²) >= 11 is 0. The summed E-state index contributed by atoms with van der Waals surface area (Å²) in [7, 11) is 0. The lowest BCUT2D eigenvalue weighted by molar-refractivity contribution is -0.00578. The molecule has 2 fully saturated rings. The average molecular weight is 444 g/mol. The monoisotopic (exact) mass is 444 g/mol. The molecule has 3 aromatic rings. The Morgan fingerprint density at radius 3 is 2.69 bits per heavy atom. The third-order valence-corrected chi connectivity index (χ3v) is 6.46. The SMILES string of the molecule is Cc1cc(C(=O)N2CC[C@@H](C)[C@](F)(c3cc(C(F)F)nc4ncnn34)C2)cc(C2CC2)n1. The smallest absolute Gasteiger partial charge is 0.280 e. The van der Waals surface area contributed by atoms with Crippen LogP contribution in [0.3, 0.4) is 0 Å². The highest BCUT2D eigenvalue weighted by Crippen LogP contribution is 2.42.